The number of nitrogens with one attached hydrogen (secondary N) is 1. The van der Waals surface area contributed by atoms with Gasteiger partial charge in [0.2, 0.25) is 0 Å². The Morgan fingerprint density at radius 2 is 1.67 bits per heavy atom. The Bertz CT molecular complexity index is 1150. The van der Waals surface area contributed by atoms with Gasteiger partial charge in [-0.2, -0.15) is 0 Å². The van der Waals surface area contributed by atoms with E-state index >= 15 is 0 Å². The Labute approximate surface area is 215 Å². The van der Waals surface area contributed by atoms with Crippen molar-refractivity contribution in [2.24, 2.45) is 5.92 Å². The fourth-order valence-corrected chi connectivity index (χ4v) is 5.40. The minimum atomic E-state index is -0.198. The number of benzene rings is 2. The van der Waals surface area contributed by atoms with Crippen LogP contribution in [-0.4, -0.2) is 21.7 Å². The molecule has 0 spiro atoms. The van der Waals surface area contributed by atoms with Gasteiger partial charge in [-0.25, -0.2) is 4.79 Å². The lowest BCUT2D eigenvalue weighted by atomic mass is 9.81. The highest BCUT2D eigenvalue weighted by Gasteiger charge is 2.34. The number of ketones is 1. The standard InChI is InChI=1S/C31H37N3O2/c1-22(2)26-17-12-18-27(23(3)35)29(26)33-31(36)34(21-24-13-6-4-7-14-24)30(25-15-8-5-9-16-25)28-19-10-11-20-32-28/h4,6-7,10-14,17-20,22,25,30H,5,8-9,15-16,21H2,1-3H3,(H,33,36). The maximum atomic E-state index is 14.2. The molecule has 1 aliphatic rings. The number of rotatable bonds is 8. The molecule has 5 heteroatoms. The summed E-state index contributed by atoms with van der Waals surface area (Å²) >= 11 is 0. The van der Waals surface area contributed by atoms with Crippen LogP contribution in [0.5, 0.6) is 0 Å². The summed E-state index contributed by atoms with van der Waals surface area (Å²) in [5.74, 6) is 0.429. The van der Waals surface area contributed by atoms with Crippen LogP contribution in [0, 0.1) is 5.92 Å². The first kappa shape index (κ1) is 25.6. The molecule has 1 unspecified atom stereocenters. The maximum Gasteiger partial charge on any atom is 0.322 e. The number of hydrogen-bond donors (Lipinski definition) is 1. The quantitative estimate of drug-likeness (QED) is 0.333. The Balaban J connectivity index is 1.78. The molecule has 2 amide bonds. The summed E-state index contributed by atoms with van der Waals surface area (Å²) in [6.45, 7) is 6.17. The van der Waals surface area contributed by atoms with Crippen LogP contribution in [0.15, 0.2) is 72.9 Å². The fourth-order valence-electron chi connectivity index (χ4n) is 5.40. The van der Waals surface area contributed by atoms with Crippen LogP contribution >= 0.6 is 0 Å². The summed E-state index contributed by atoms with van der Waals surface area (Å²) in [7, 11) is 0. The largest absolute Gasteiger partial charge is 0.322 e. The molecular weight excluding hydrogens is 446 g/mol. The molecule has 0 saturated heterocycles. The molecule has 1 heterocycles. The highest BCUT2D eigenvalue weighted by Crippen LogP contribution is 2.39. The van der Waals surface area contributed by atoms with Gasteiger partial charge in [0.05, 0.1) is 17.4 Å². The minimum absolute atomic E-state index is 0.0593. The topological polar surface area (TPSA) is 62.3 Å². The summed E-state index contributed by atoms with van der Waals surface area (Å²) in [5, 5.41) is 3.19. The number of pyridine rings is 1. The van der Waals surface area contributed by atoms with E-state index in [-0.39, 0.29) is 23.8 Å². The Hall–Kier alpha value is -3.47. The average molecular weight is 484 g/mol. The molecular formula is C31H37N3O2. The fraction of sp³-hybridized carbons (Fsp3) is 0.387. The molecule has 3 aromatic rings. The zero-order chi connectivity index (χ0) is 25.5. The number of nitrogens with zero attached hydrogens (tertiary/aromatic N) is 2. The molecule has 1 aromatic heterocycles. The van der Waals surface area contributed by atoms with Crippen LogP contribution in [0.1, 0.15) is 92.0 Å². The van der Waals surface area contributed by atoms with Crippen molar-refractivity contribution in [3.8, 4) is 0 Å². The molecule has 188 valence electrons. The van der Waals surface area contributed by atoms with E-state index < -0.39 is 0 Å². The monoisotopic (exact) mass is 483 g/mol. The van der Waals surface area contributed by atoms with Gasteiger partial charge in [0.15, 0.2) is 5.78 Å². The van der Waals surface area contributed by atoms with E-state index in [2.05, 4.69) is 31.3 Å². The van der Waals surface area contributed by atoms with Gasteiger partial charge < -0.3 is 10.2 Å². The summed E-state index contributed by atoms with van der Waals surface area (Å²) in [4.78, 5) is 33.4. The molecule has 1 N–H and O–H groups in total. The molecule has 0 aliphatic heterocycles. The van der Waals surface area contributed by atoms with Gasteiger partial charge in [-0.3, -0.25) is 9.78 Å². The van der Waals surface area contributed by atoms with Crippen molar-refractivity contribution in [3.05, 3.63) is 95.3 Å². The summed E-state index contributed by atoms with van der Waals surface area (Å²) in [5.41, 5.74) is 4.10. The van der Waals surface area contributed by atoms with Gasteiger partial charge in [0.25, 0.3) is 0 Å². The first-order valence-corrected chi connectivity index (χ1v) is 13.1. The van der Waals surface area contributed by atoms with E-state index in [0.29, 0.717) is 23.7 Å². The van der Waals surface area contributed by atoms with E-state index in [1.165, 1.54) is 19.3 Å². The molecule has 4 rings (SSSR count). The Kier molecular flexibility index (Phi) is 8.52. The van der Waals surface area contributed by atoms with Gasteiger partial charge >= 0.3 is 6.03 Å². The second-order valence-electron chi connectivity index (χ2n) is 10.1. The van der Waals surface area contributed by atoms with Crippen molar-refractivity contribution in [1.29, 1.82) is 0 Å². The third-order valence-corrected chi connectivity index (χ3v) is 7.21. The average Bonchev–Trinajstić information content (AvgIpc) is 2.90. The van der Waals surface area contributed by atoms with Gasteiger partial charge in [-0.15, -0.1) is 0 Å². The van der Waals surface area contributed by atoms with Crippen LogP contribution in [0.4, 0.5) is 10.5 Å². The zero-order valence-corrected chi connectivity index (χ0v) is 21.6. The molecule has 0 radical (unpaired) electrons. The first-order chi connectivity index (χ1) is 17.5. The van der Waals surface area contributed by atoms with E-state index in [0.717, 1.165) is 29.7 Å². The highest BCUT2D eigenvalue weighted by atomic mass is 16.2. The molecule has 1 saturated carbocycles. The minimum Gasteiger partial charge on any atom is -0.311 e. The van der Waals surface area contributed by atoms with Gasteiger partial charge in [-0.1, -0.05) is 81.6 Å². The Morgan fingerprint density at radius 3 is 2.31 bits per heavy atom. The number of anilines is 1. The van der Waals surface area contributed by atoms with Crippen molar-refractivity contribution in [2.75, 3.05) is 5.32 Å². The van der Waals surface area contributed by atoms with Crippen molar-refractivity contribution in [1.82, 2.24) is 9.88 Å². The number of urea groups is 1. The van der Waals surface area contributed by atoms with Crippen molar-refractivity contribution >= 4 is 17.5 Å². The zero-order valence-electron chi connectivity index (χ0n) is 21.6. The molecule has 5 nitrogen and oxygen atoms in total. The summed E-state index contributed by atoms with van der Waals surface area (Å²) < 4.78 is 0. The predicted molar refractivity (Wildman–Crippen MR) is 145 cm³/mol. The number of carbonyl (C=O) groups excluding carboxylic acids is 2. The van der Waals surface area contributed by atoms with E-state index in [9.17, 15) is 9.59 Å². The number of amides is 2. The van der Waals surface area contributed by atoms with Crippen molar-refractivity contribution in [2.45, 2.75) is 71.4 Å². The van der Waals surface area contributed by atoms with Gasteiger partial charge in [-0.05, 0) is 60.9 Å². The smallest absolute Gasteiger partial charge is 0.311 e. The number of carbonyl (C=O) groups is 2. The van der Waals surface area contributed by atoms with Gasteiger partial charge in [0.1, 0.15) is 0 Å². The molecule has 1 aliphatic carbocycles. The highest BCUT2D eigenvalue weighted by molar-refractivity contribution is 6.04. The maximum absolute atomic E-state index is 14.2. The van der Waals surface area contributed by atoms with Crippen LogP contribution < -0.4 is 5.32 Å². The lowest BCUT2D eigenvalue weighted by Gasteiger charge is -2.39. The van der Waals surface area contributed by atoms with Crippen LogP contribution in [0.2, 0.25) is 0 Å². The van der Waals surface area contributed by atoms with E-state index in [1.54, 1.807) is 13.0 Å². The Morgan fingerprint density at radius 1 is 0.944 bits per heavy atom. The van der Waals surface area contributed by atoms with Crippen molar-refractivity contribution in [3.63, 3.8) is 0 Å². The molecule has 36 heavy (non-hydrogen) atoms. The molecule has 1 fully saturated rings. The lowest BCUT2D eigenvalue weighted by Crippen LogP contribution is -2.42. The number of Topliss-reactive ketones (excluding diaryl/α,β-unsaturated/α-hetero) is 1. The number of hydrogen-bond acceptors (Lipinski definition) is 3. The normalized spacial score (nSPS) is 14.9. The second-order valence-corrected chi connectivity index (χ2v) is 10.1. The first-order valence-electron chi connectivity index (χ1n) is 13.1. The molecule has 0 bridgehead atoms. The molecule has 2 aromatic carbocycles. The summed E-state index contributed by atoms with van der Waals surface area (Å²) in [6, 6.07) is 21.4. The lowest BCUT2D eigenvalue weighted by molar-refractivity contribution is 0.101. The number of para-hydroxylation sites is 1. The van der Waals surface area contributed by atoms with Crippen LogP contribution in [0.25, 0.3) is 0 Å². The van der Waals surface area contributed by atoms with Crippen LogP contribution in [-0.2, 0) is 6.54 Å². The third-order valence-electron chi connectivity index (χ3n) is 7.21. The predicted octanol–water partition coefficient (Wildman–Crippen LogP) is 7.76. The summed E-state index contributed by atoms with van der Waals surface area (Å²) in [6.07, 6.45) is 7.52. The van der Waals surface area contributed by atoms with Gasteiger partial charge in [0, 0.05) is 18.3 Å². The molecule has 1 atom stereocenters. The van der Waals surface area contributed by atoms with Crippen LogP contribution in [0.3, 0.4) is 0 Å². The number of aromatic nitrogens is 1. The second kappa shape index (κ2) is 12.0. The van der Waals surface area contributed by atoms with E-state index in [4.69, 9.17) is 4.98 Å². The van der Waals surface area contributed by atoms with E-state index in [1.807, 2.05) is 59.6 Å². The van der Waals surface area contributed by atoms with Crippen molar-refractivity contribution < 1.29 is 9.59 Å². The SMILES string of the molecule is CC(=O)c1cccc(C(C)C)c1NC(=O)N(Cc1ccccc1)C(c1ccccn1)C1CCCCC1. The third kappa shape index (κ3) is 6.01.